The summed E-state index contributed by atoms with van der Waals surface area (Å²) < 4.78 is 0. The lowest BCUT2D eigenvalue weighted by atomic mass is 10.2. The van der Waals surface area contributed by atoms with Gasteiger partial charge in [-0.2, -0.15) is 0 Å². The summed E-state index contributed by atoms with van der Waals surface area (Å²) in [7, 11) is 0. The third kappa shape index (κ3) is 2.30. The van der Waals surface area contributed by atoms with Gasteiger partial charge >= 0.3 is 5.97 Å². The maximum Gasteiger partial charge on any atom is 0.326 e. The minimum atomic E-state index is -1.13. The Kier molecular flexibility index (Phi) is 3.24. The fourth-order valence-corrected chi connectivity index (χ4v) is 1.92. The Morgan fingerprint density at radius 2 is 2.11 bits per heavy atom. The zero-order valence-corrected chi connectivity index (χ0v) is 9.78. The van der Waals surface area contributed by atoms with Crippen molar-refractivity contribution in [1.29, 1.82) is 0 Å². The van der Waals surface area contributed by atoms with Crippen LogP contribution in [0, 0.1) is 6.92 Å². The largest absolute Gasteiger partial charge is 0.480 e. The Balaban J connectivity index is 2.22. The summed E-state index contributed by atoms with van der Waals surface area (Å²) in [6.07, 6.45) is 1.98. The van der Waals surface area contributed by atoms with E-state index < -0.39 is 24.0 Å². The van der Waals surface area contributed by atoms with Crippen LogP contribution >= 0.6 is 0 Å². The number of amides is 1. The number of aryl methyl sites for hydroxylation is 1. The van der Waals surface area contributed by atoms with Gasteiger partial charge in [0, 0.05) is 19.2 Å². The van der Waals surface area contributed by atoms with Crippen molar-refractivity contribution in [3.05, 3.63) is 23.8 Å². The summed E-state index contributed by atoms with van der Waals surface area (Å²) in [5.74, 6) is -1.65. The predicted molar refractivity (Wildman–Crippen MR) is 59.9 cm³/mol. The summed E-state index contributed by atoms with van der Waals surface area (Å²) in [4.78, 5) is 32.0. The number of hydrogen-bond donors (Lipinski definition) is 2. The van der Waals surface area contributed by atoms with Crippen molar-refractivity contribution >= 4 is 11.9 Å². The molecule has 2 unspecified atom stereocenters. The number of carboxylic acids is 1. The number of aliphatic hydroxyl groups is 1. The molecule has 1 aliphatic rings. The maximum absolute atomic E-state index is 12.1. The van der Waals surface area contributed by atoms with E-state index in [-0.39, 0.29) is 18.7 Å². The van der Waals surface area contributed by atoms with Gasteiger partial charge in [0.2, 0.25) is 0 Å². The van der Waals surface area contributed by atoms with Gasteiger partial charge in [0.25, 0.3) is 5.91 Å². The fourth-order valence-electron chi connectivity index (χ4n) is 1.92. The summed E-state index contributed by atoms with van der Waals surface area (Å²) >= 11 is 0. The molecule has 2 heterocycles. The van der Waals surface area contributed by atoms with Crippen molar-refractivity contribution < 1.29 is 19.8 Å². The second kappa shape index (κ2) is 4.69. The van der Waals surface area contributed by atoms with Crippen molar-refractivity contribution in [2.45, 2.75) is 25.5 Å². The van der Waals surface area contributed by atoms with Crippen LogP contribution in [0.1, 0.15) is 22.6 Å². The molecule has 0 saturated carbocycles. The summed E-state index contributed by atoms with van der Waals surface area (Å²) in [6.45, 7) is 1.74. The minimum absolute atomic E-state index is 0.00531. The molecule has 2 rings (SSSR count). The third-order valence-electron chi connectivity index (χ3n) is 2.82. The van der Waals surface area contributed by atoms with Gasteiger partial charge in [-0.15, -0.1) is 0 Å². The van der Waals surface area contributed by atoms with E-state index in [9.17, 15) is 14.7 Å². The van der Waals surface area contributed by atoms with Crippen LogP contribution < -0.4 is 0 Å². The molecule has 1 aromatic heterocycles. The molecule has 0 aliphatic carbocycles. The van der Waals surface area contributed by atoms with Gasteiger partial charge in [-0.05, 0) is 6.92 Å². The average molecular weight is 251 g/mol. The van der Waals surface area contributed by atoms with E-state index in [0.29, 0.717) is 5.69 Å². The Bertz CT molecular complexity index is 474. The molecule has 7 nitrogen and oxygen atoms in total. The molecule has 2 N–H and O–H groups in total. The number of aromatic nitrogens is 2. The fraction of sp³-hybridized carbons (Fsp3) is 0.455. The number of likely N-dealkylation sites (tertiary alicyclic amines) is 1. The maximum atomic E-state index is 12.1. The number of aliphatic hydroxyl groups excluding tert-OH is 1. The van der Waals surface area contributed by atoms with E-state index in [4.69, 9.17) is 5.11 Å². The highest BCUT2D eigenvalue weighted by Gasteiger charge is 2.39. The molecule has 1 aliphatic heterocycles. The van der Waals surface area contributed by atoms with Crippen LogP contribution in [0.3, 0.4) is 0 Å². The first-order valence-corrected chi connectivity index (χ1v) is 5.49. The third-order valence-corrected chi connectivity index (χ3v) is 2.82. The van der Waals surface area contributed by atoms with Crippen LogP contribution in [0.25, 0.3) is 0 Å². The van der Waals surface area contributed by atoms with Gasteiger partial charge < -0.3 is 15.1 Å². The zero-order valence-electron chi connectivity index (χ0n) is 9.78. The van der Waals surface area contributed by atoms with Gasteiger partial charge in [0.15, 0.2) is 0 Å². The van der Waals surface area contributed by atoms with Gasteiger partial charge in [0.05, 0.1) is 18.0 Å². The second-order valence-electron chi connectivity index (χ2n) is 4.24. The summed E-state index contributed by atoms with van der Waals surface area (Å²) in [5.41, 5.74) is 0.753. The SMILES string of the molecule is Cc1cnc(C(=O)N2CC(O)CC2C(=O)O)cn1. The van der Waals surface area contributed by atoms with Crippen LogP contribution in [0.4, 0.5) is 0 Å². The normalized spacial score (nSPS) is 23.1. The molecular weight excluding hydrogens is 238 g/mol. The number of nitrogens with zero attached hydrogens (tertiary/aromatic N) is 3. The molecule has 2 atom stereocenters. The van der Waals surface area contributed by atoms with Gasteiger partial charge in [0.1, 0.15) is 11.7 Å². The van der Waals surface area contributed by atoms with Crippen LogP contribution in [0.5, 0.6) is 0 Å². The highest BCUT2D eigenvalue weighted by Crippen LogP contribution is 2.20. The first kappa shape index (κ1) is 12.4. The summed E-state index contributed by atoms with van der Waals surface area (Å²) in [6, 6.07) is -1.00. The van der Waals surface area contributed by atoms with Crippen molar-refractivity contribution in [2.75, 3.05) is 6.54 Å². The second-order valence-corrected chi connectivity index (χ2v) is 4.24. The molecule has 0 spiro atoms. The first-order valence-electron chi connectivity index (χ1n) is 5.49. The van der Waals surface area contributed by atoms with E-state index in [2.05, 4.69) is 9.97 Å². The molecule has 0 radical (unpaired) electrons. The standard InChI is InChI=1S/C11H13N3O4/c1-6-3-13-8(4-12-6)10(16)14-5-7(15)2-9(14)11(17)18/h3-4,7,9,15H,2,5H2,1H3,(H,17,18). The monoisotopic (exact) mass is 251 g/mol. The van der Waals surface area contributed by atoms with Crippen molar-refractivity contribution in [1.82, 2.24) is 14.9 Å². The number of aliphatic carboxylic acids is 1. The molecule has 18 heavy (non-hydrogen) atoms. The van der Waals surface area contributed by atoms with E-state index in [1.807, 2.05) is 0 Å². The average Bonchev–Trinajstić information content (AvgIpc) is 2.71. The van der Waals surface area contributed by atoms with Crippen LogP contribution in [0.2, 0.25) is 0 Å². The van der Waals surface area contributed by atoms with Crippen molar-refractivity contribution in [3.63, 3.8) is 0 Å². The predicted octanol–water partition coefficient (Wildman–Crippen LogP) is -0.555. The zero-order chi connectivity index (χ0) is 13.3. The van der Waals surface area contributed by atoms with Crippen LogP contribution in [0.15, 0.2) is 12.4 Å². The molecule has 96 valence electrons. The number of rotatable bonds is 2. The minimum Gasteiger partial charge on any atom is -0.480 e. The quantitative estimate of drug-likeness (QED) is 0.730. The molecule has 0 aromatic carbocycles. The Morgan fingerprint density at radius 3 is 2.67 bits per heavy atom. The first-order chi connectivity index (χ1) is 8.49. The Labute approximate surface area is 103 Å². The van der Waals surface area contributed by atoms with Crippen LogP contribution in [-0.2, 0) is 4.79 Å². The number of carbonyl (C=O) groups is 2. The molecule has 7 heteroatoms. The molecule has 1 amide bonds. The van der Waals surface area contributed by atoms with E-state index >= 15 is 0 Å². The lowest BCUT2D eigenvalue weighted by Gasteiger charge is -2.20. The van der Waals surface area contributed by atoms with Crippen molar-refractivity contribution in [2.24, 2.45) is 0 Å². The van der Waals surface area contributed by atoms with E-state index in [0.717, 1.165) is 4.90 Å². The lowest BCUT2D eigenvalue weighted by molar-refractivity contribution is -0.141. The Hall–Kier alpha value is -2.02. The van der Waals surface area contributed by atoms with Gasteiger partial charge in [-0.25, -0.2) is 9.78 Å². The smallest absolute Gasteiger partial charge is 0.326 e. The van der Waals surface area contributed by atoms with Crippen molar-refractivity contribution in [3.8, 4) is 0 Å². The molecule has 1 fully saturated rings. The highest BCUT2D eigenvalue weighted by molar-refractivity contribution is 5.95. The molecule has 1 aromatic rings. The number of carboxylic acid groups (broad SMARTS) is 1. The molecular formula is C11H13N3O4. The van der Waals surface area contributed by atoms with Crippen LogP contribution in [-0.4, -0.2) is 55.6 Å². The van der Waals surface area contributed by atoms with Gasteiger partial charge in [-0.1, -0.05) is 0 Å². The highest BCUT2D eigenvalue weighted by atomic mass is 16.4. The van der Waals surface area contributed by atoms with E-state index in [1.165, 1.54) is 12.4 Å². The number of β-amino-alcohol motifs (C(OH)–C–C–N with tert-alkyl or cyclic N) is 1. The summed E-state index contributed by atoms with van der Waals surface area (Å²) in [5, 5.41) is 18.5. The topological polar surface area (TPSA) is 104 Å². The molecule has 0 bridgehead atoms. The van der Waals surface area contributed by atoms with Gasteiger partial charge in [-0.3, -0.25) is 9.78 Å². The lowest BCUT2D eigenvalue weighted by Crippen LogP contribution is -2.41. The Morgan fingerprint density at radius 1 is 1.39 bits per heavy atom. The molecule has 1 saturated heterocycles. The number of carbonyl (C=O) groups excluding carboxylic acids is 1. The van der Waals surface area contributed by atoms with E-state index in [1.54, 1.807) is 6.92 Å². The number of hydrogen-bond acceptors (Lipinski definition) is 5.